The largest absolute Gasteiger partial charge is 0.468 e. The summed E-state index contributed by atoms with van der Waals surface area (Å²) in [5.74, 6) is 0. The number of aliphatic imine (C=N–C) groups is 1. The van der Waals surface area contributed by atoms with E-state index in [2.05, 4.69) is 20.9 Å². The molecule has 0 bridgehead atoms. The molecule has 0 aromatic rings. The topological polar surface area (TPSA) is 91.8 Å². The molecule has 0 aromatic heterocycles. The molecule has 0 spiro atoms. The summed E-state index contributed by atoms with van der Waals surface area (Å²) in [4.78, 5) is 26.1. The van der Waals surface area contributed by atoms with E-state index in [1.807, 2.05) is 13.8 Å². The third kappa shape index (κ3) is 8.06. The lowest BCUT2D eigenvalue weighted by Gasteiger charge is -2.11. The van der Waals surface area contributed by atoms with Crippen LogP contribution in [0.25, 0.3) is 0 Å². The van der Waals surface area contributed by atoms with E-state index in [4.69, 9.17) is 4.74 Å². The number of rotatable bonds is 2. The first-order chi connectivity index (χ1) is 7.85. The van der Waals surface area contributed by atoms with E-state index in [0.717, 1.165) is 0 Å². The molecule has 0 atom stereocenters. The number of hydrogen-bond donors (Lipinski definition) is 3. The summed E-state index contributed by atoms with van der Waals surface area (Å²) in [6, 6.07) is -1.24. The van der Waals surface area contributed by atoms with E-state index in [0.29, 0.717) is 0 Å². The predicted molar refractivity (Wildman–Crippen MR) is 64.9 cm³/mol. The van der Waals surface area contributed by atoms with Gasteiger partial charge in [0.25, 0.3) is 0 Å². The van der Waals surface area contributed by atoms with Crippen molar-refractivity contribution in [3.05, 3.63) is 0 Å². The number of carbonyl (C=O) groups excluding carboxylic acids is 2. The van der Waals surface area contributed by atoms with Gasteiger partial charge >= 0.3 is 18.1 Å². The van der Waals surface area contributed by atoms with Crippen LogP contribution in [0.4, 0.5) is 9.59 Å². The number of urea groups is 2. The van der Waals surface area contributed by atoms with Crippen LogP contribution in [0, 0.1) is 0 Å². The second-order valence-electron chi connectivity index (χ2n) is 3.98. The number of hydrogen-bond acceptors (Lipinski definition) is 3. The van der Waals surface area contributed by atoms with E-state index in [1.165, 1.54) is 7.11 Å². The molecule has 3 N–H and O–H groups in total. The molecule has 4 amide bonds. The monoisotopic (exact) mass is 244 g/mol. The molecular weight excluding hydrogens is 224 g/mol. The third-order valence-corrected chi connectivity index (χ3v) is 1.45. The van der Waals surface area contributed by atoms with Crippen LogP contribution in [-0.2, 0) is 4.74 Å². The molecule has 0 unspecified atom stereocenters. The highest BCUT2D eigenvalue weighted by Crippen LogP contribution is 1.84. The van der Waals surface area contributed by atoms with E-state index >= 15 is 0 Å². The summed E-state index contributed by atoms with van der Waals surface area (Å²) in [5.41, 5.74) is 0. The number of methoxy groups -OCH3 is 1. The first-order valence-corrected chi connectivity index (χ1v) is 5.35. The molecule has 0 aliphatic heterocycles. The van der Waals surface area contributed by atoms with Crippen molar-refractivity contribution < 1.29 is 14.3 Å². The minimum absolute atomic E-state index is 0.0161. The molecule has 7 nitrogen and oxygen atoms in total. The molecule has 0 radical (unpaired) electrons. The zero-order chi connectivity index (χ0) is 13.4. The van der Waals surface area contributed by atoms with Crippen LogP contribution in [0.1, 0.15) is 27.7 Å². The summed E-state index contributed by atoms with van der Waals surface area (Å²) in [6.07, 6.45) is 0. The van der Waals surface area contributed by atoms with Gasteiger partial charge in [0.1, 0.15) is 0 Å². The van der Waals surface area contributed by atoms with Crippen molar-refractivity contribution >= 4 is 18.1 Å². The van der Waals surface area contributed by atoms with Crippen molar-refractivity contribution in [1.82, 2.24) is 16.0 Å². The number of nitrogens with one attached hydrogen (secondary N) is 3. The summed E-state index contributed by atoms with van der Waals surface area (Å²) in [5, 5.41) is 7.44. The molecule has 17 heavy (non-hydrogen) atoms. The molecule has 0 saturated carbocycles. The summed E-state index contributed by atoms with van der Waals surface area (Å²) in [6.45, 7) is 7.24. The zero-order valence-electron chi connectivity index (χ0n) is 10.8. The third-order valence-electron chi connectivity index (χ3n) is 1.45. The fourth-order valence-corrected chi connectivity index (χ4v) is 0.891. The van der Waals surface area contributed by atoms with Crippen molar-refractivity contribution in [2.24, 2.45) is 4.99 Å². The summed E-state index contributed by atoms with van der Waals surface area (Å²) in [7, 11) is 1.32. The lowest BCUT2D eigenvalue weighted by molar-refractivity contribution is 0.239. The first kappa shape index (κ1) is 15.2. The van der Waals surface area contributed by atoms with Gasteiger partial charge in [-0.1, -0.05) is 0 Å². The number of carbonyl (C=O) groups is 2. The molecule has 0 saturated heterocycles. The summed E-state index contributed by atoms with van der Waals surface area (Å²) >= 11 is 0. The van der Waals surface area contributed by atoms with Gasteiger partial charge in [0.05, 0.1) is 7.11 Å². The molecule has 0 heterocycles. The Morgan fingerprint density at radius 1 is 1.06 bits per heavy atom. The predicted octanol–water partition coefficient (Wildman–Crippen LogP) is 0.814. The van der Waals surface area contributed by atoms with Gasteiger partial charge in [0.2, 0.25) is 0 Å². The van der Waals surface area contributed by atoms with Crippen molar-refractivity contribution in [2.75, 3.05) is 7.11 Å². The molecule has 7 heteroatoms. The Balaban J connectivity index is 4.36. The van der Waals surface area contributed by atoms with Gasteiger partial charge in [0.15, 0.2) is 0 Å². The van der Waals surface area contributed by atoms with Gasteiger partial charge in [-0.05, 0) is 27.7 Å². The molecule has 98 valence electrons. The highest BCUT2D eigenvalue weighted by atomic mass is 16.5. The van der Waals surface area contributed by atoms with Crippen molar-refractivity contribution in [3.8, 4) is 0 Å². The van der Waals surface area contributed by atoms with Gasteiger partial charge in [-0.15, -0.1) is 4.99 Å². The lowest BCUT2D eigenvalue weighted by atomic mass is 10.4. The van der Waals surface area contributed by atoms with E-state index in [-0.39, 0.29) is 18.1 Å². The van der Waals surface area contributed by atoms with Crippen LogP contribution in [0.3, 0.4) is 0 Å². The fourth-order valence-electron chi connectivity index (χ4n) is 0.891. The number of nitrogens with zero attached hydrogens (tertiary/aromatic N) is 1. The number of ether oxygens (including phenoxy) is 1. The Hall–Kier alpha value is -1.79. The van der Waals surface area contributed by atoms with Crippen LogP contribution in [-0.4, -0.2) is 37.3 Å². The van der Waals surface area contributed by atoms with Gasteiger partial charge in [-0.2, -0.15) is 0 Å². The average Bonchev–Trinajstić information content (AvgIpc) is 2.13. The van der Waals surface area contributed by atoms with Gasteiger partial charge in [0, 0.05) is 12.1 Å². The zero-order valence-corrected chi connectivity index (χ0v) is 10.8. The smallest absolute Gasteiger partial charge is 0.345 e. The fraction of sp³-hybridized carbons (Fsp3) is 0.700. The highest BCUT2D eigenvalue weighted by Gasteiger charge is 2.09. The second kappa shape index (κ2) is 7.48. The SMILES string of the molecule is COC(=NC(=O)NC(C)C)NC(=O)NC(C)C. The minimum Gasteiger partial charge on any atom is -0.468 e. The van der Waals surface area contributed by atoms with Crippen molar-refractivity contribution in [1.29, 1.82) is 0 Å². The normalized spacial score (nSPS) is 11.4. The Morgan fingerprint density at radius 3 is 2.00 bits per heavy atom. The Kier molecular flexibility index (Phi) is 6.69. The standard InChI is InChI=1S/C10H20N4O3/c1-6(2)11-8(15)13-10(17-5)14-9(16)12-7(3)4/h6-7H,1-5H3,(H3,11,12,13,14,15,16). The highest BCUT2D eigenvalue weighted by molar-refractivity contribution is 5.98. The Morgan fingerprint density at radius 2 is 1.59 bits per heavy atom. The maximum atomic E-state index is 11.3. The first-order valence-electron chi connectivity index (χ1n) is 5.35. The summed E-state index contributed by atoms with van der Waals surface area (Å²) < 4.78 is 4.77. The minimum atomic E-state index is -0.568. The lowest BCUT2D eigenvalue weighted by Crippen LogP contribution is -2.43. The van der Waals surface area contributed by atoms with Crippen molar-refractivity contribution in [2.45, 2.75) is 39.8 Å². The van der Waals surface area contributed by atoms with Crippen LogP contribution in [0.5, 0.6) is 0 Å². The average molecular weight is 244 g/mol. The molecule has 0 rings (SSSR count). The van der Waals surface area contributed by atoms with Gasteiger partial charge in [-0.3, -0.25) is 5.32 Å². The van der Waals surface area contributed by atoms with E-state index in [1.54, 1.807) is 13.8 Å². The van der Waals surface area contributed by atoms with Gasteiger partial charge < -0.3 is 15.4 Å². The molecule has 0 fully saturated rings. The molecule has 0 aliphatic rings. The van der Waals surface area contributed by atoms with Crippen LogP contribution in [0.2, 0.25) is 0 Å². The Bertz CT molecular complexity index is 300. The quantitative estimate of drug-likeness (QED) is 0.496. The van der Waals surface area contributed by atoms with Crippen LogP contribution >= 0.6 is 0 Å². The van der Waals surface area contributed by atoms with Gasteiger partial charge in [-0.25, -0.2) is 9.59 Å². The van der Waals surface area contributed by atoms with E-state index in [9.17, 15) is 9.59 Å². The molecular formula is C10H20N4O3. The Labute approximate surface area is 101 Å². The van der Waals surface area contributed by atoms with Crippen LogP contribution < -0.4 is 16.0 Å². The molecule has 0 aromatic carbocycles. The second-order valence-corrected chi connectivity index (χ2v) is 3.98. The van der Waals surface area contributed by atoms with Crippen molar-refractivity contribution in [3.63, 3.8) is 0 Å². The van der Waals surface area contributed by atoms with Crippen LogP contribution in [0.15, 0.2) is 4.99 Å². The molecule has 0 aliphatic carbocycles. The van der Waals surface area contributed by atoms with E-state index < -0.39 is 12.1 Å². The number of amidine groups is 1. The maximum Gasteiger partial charge on any atom is 0.345 e. The number of amides is 4. The maximum absolute atomic E-state index is 11.3.